The van der Waals surface area contributed by atoms with Crippen molar-refractivity contribution in [2.75, 3.05) is 0 Å². The summed E-state index contributed by atoms with van der Waals surface area (Å²) < 4.78 is 27.2. The van der Waals surface area contributed by atoms with Crippen molar-refractivity contribution < 1.29 is 13.6 Å². The van der Waals surface area contributed by atoms with E-state index in [1.54, 1.807) is 4.57 Å². The van der Waals surface area contributed by atoms with Gasteiger partial charge in [-0.25, -0.2) is 13.8 Å². The number of nitrogens with zero attached hydrogens (tertiary/aromatic N) is 2. The van der Waals surface area contributed by atoms with Crippen molar-refractivity contribution in [2.24, 2.45) is 0 Å². The van der Waals surface area contributed by atoms with Gasteiger partial charge < -0.3 is 4.57 Å². The average molecular weight is 222 g/mol. The van der Waals surface area contributed by atoms with E-state index < -0.39 is 11.6 Å². The van der Waals surface area contributed by atoms with Crippen molar-refractivity contribution in [2.45, 2.75) is 6.54 Å². The molecule has 2 aromatic rings. The van der Waals surface area contributed by atoms with E-state index in [4.69, 9.17) is 0 Å². The molecule has 0 saturated carbocycles. The first kappa shape index (κ1) is 10.5. The largest absolute Gasteiger partial charge is 0.332 e. The van der Waals surface area contributed by atoms with Crippen molar-refractivity contribution in [3.8, 4) is 0 Å². The molecule has 1 aromatic carbocycles. The maximum absolute atomic E-state index is 12.9. The summed E-state index contributed by atoms with van der Waals surface area (Å²) in [5.74, 6) is -1.75. The molecule has 1 heterocycles. The lowest BCUT2D eigenvalue weighted by Crippen LogP contribution is -1.98. The smallest absolute Gasteiger partial charge is 0.169 e. The molecule has 0 aliphatic carbocycles. The van der Waals surface area contributed by atoms with E-state index in [-0.39, 0.29) is 0 Å². The van der Waals surface area contributed by atoms with Gasteiger partial charge in [0.25, 0.3) is 0 Å². The van der Waals surface area contributed by atoms with Crippen molar-refractivity contribution in [1.29, 1.82) is 0 Å². The van der Waals surface area contributed by atoms with Gasteiger partial charge in [-0.3, -0.25) is 4.79 Å². The lowest BCUT2D eigenvalue weighted by molar-refractivity contribution is 0.111. The van der Waals surface area contributed by atoms with Crippen LogP contribution in [0.4, 0.5) is 8.78 Å². The van der Waals surface area contributed by atoms with Gasteiger partial charge in [0.2, 0.25) is 0 Å². The van der Waals surface area contributed by atoms with E-state index >= 15 is 0 Å². The summed E-state index contributed by atoms with van der Waals surface area (Å²) >= 11 is 0. The fraction of sp³-hybridized carbons (Fsp3) is 0.0909. The molecule has 5 heteroatoms. The molecular weight excluding hydrogens is 214 g/mol. The Balaban J connectivity index is 2.20. The fourth-order valence-corrected chi connectivity index (χ4v) is 1.37. The Morgan fingerprint density at radius 3 is 2.75 bits per heavy atom. The highest BCUT2D eigenvalue weighted by atomic mass is 19.2. The average Bonchev–Trinajstić information content (AvgIpc) is 2.71. The molecule has 0 fully saturated rings. The number of aldehydes is 1. The topological polar surface area (TPSA) is 34.9 Å². The predicted molar refractivity (Wildman–Crippen MR) is 53.1 cm³/mol. The van der Waals surface area contributed by atoms with Crippen LogP contribution in [0.3, 0.4) is 0 Å². The van der Waals surface area contributed by atoms with Crippen LogP contribution in [0.25, 0.3) is 0 Å². The van der Waals surface area contributed by atoms with Crippen LogP contribution in [-0.4, -0.2) is 15.8 Å². The number of carbonyl (C=O) groups excluding carboxylic acids is 1. The second-order valence-electron chi connectivity index (χ2n) is 3.34. The lowest BCUT2D eigenvalue weighted by Gasteiger charge is -2.02. The predicted octanol–water partition coefficient (Wildman–Crippen LogP) is 2.02. The Labute approximate surface area is 90.3 Å². The van der Waals surface area contributed by atoms with Crippen LogP contribution < -0.4 is 0 Å². The summed E-state index contributed by atoms with van der Waals surface area (Å²) in [6.07, 6.45) is 3.63. The molecule has 0 spiro atoms. The Kier molecular flexibility index (Phi) is 2.76. The highest BCUT2D eigenvalue weighted by Crippen LogP contribution is 2.10. The maximum atomic E-state index is 12.9. The van der Waals surface area contributed by atoms with Crippen LogP contribution in [0.5, 0.6) is 0 Å². The first-order valence-corrected chi connectivity index (χ1v) is 4.60. The molecule has 0 amide bonds. The van der Waals surface area contributed by atoms with Gasteiger partial charge in [-0.1, -0.05) is 6.07 Å². The Morgan fingerprint density at radius 1 is 1.31 bits per heavy atom. The van der Waals surface area contributed by atoms with Crippen molar-refractivity contribution in [3.05, 3.63) is 53.6 Å². The summed E-state index contributed by atoms with van der Waals surface area (Å²) in [4.78, 5) is 14.2. The van der Waals surface area contributed by atoms with Gasteiger partial charge in [0.1, 0.15) is 5.69 Å². The minimum atomic E-state index is -0.881. The fourth-order valence-electron chi connectivity index (χ4n) is 1.37. The molecular formula is C11H8F2N2O. The molecule has 0 aliphatic heterocycles. The molecule has 0 radical (unpaired) electrons. The van der Waals surface area contributed by atoms with Crippen LogP contribution in [0.15, 0.2) is 30.7 Å². The number of hydrogen-bond acceptors (Lipinski definition) is 2. The Hall–Kier alpha value is -2.04. The summed E-state index contributed by atoms with van der Waals surface area (Å²) in [5.41, 5.74) is 0.913. The van der Waals surface area contributed by atoms with Gasteiger partial charge in [-0.05, 0) is 17.7 Å². The molecule has 3 nitrogen and oxygen atoms in total. The third-order valence-corrected chi connectivity index (χ3v) is 2.12. The molecule has 0 aliphatic rings. The number of rotatable bonds is 3. The van der Waals surface area contributed by atoms with Crippen molar-refractivity contribution in [1.82, 2.24) is 9.55 Å². The number of aromatic nitrogens is 2. The zero-order valence-electron chi connectivity index (χ0n) is 8.23. The number of benzene rings is 1. The lowest BCUT2D eigenvalue weighted by atomic mass is 10.2. The zero-order chi connectivity index (χ0) is 11.5. The maximum Gasteiger partial charge on any atom is 0.169 e. The molecule has 0 bridgehead atoms. The SMILES string of the molecule is O=Cc1cn(Cc2ccc(F)c(F)c2)cn1. The first-order valence-electron chi connectivity index (χ1n) is 4.60. The molecule has 2 rings (SSSR count). The van der Waals surface area contributed by atoms with Gasteiger partial charge in [0.05, 0.1) is 6.33 Å². The zero-order valence-corrected chi connectivity index (χ0v) is 8.23. The Bertz CT molecular complexity index is 522. The minimum absolute atomic E-state index is 0.308. The van der Waals surface area contributed by atoms with Crippen LogP contribution >= 0.6 is 0 Å². The molecule has 0 N–H and O–H groups in total. The van der Waals surface area contributed by atoms with Crippen LogP contribution in [0.2, 0.25) is 0 Å². The van der Waals surface area contributed by atoms with Gasteiger partial charge in [-0.2, -0.15) is 0 Å². The quantitative estimate of drug-likeness (QED) is 0.744. The number of hydrogen-bond donors (Lipinski definition) is 0. The first-order chi connectivity index (χ1) is 7.69. The van der Waals surface area contributed by atoms with Crippen molar-refractivity contribution in [3.63, 3.8) is 0 Å². The Morgan fingerprint density at radius 2 is 2.12 bits per heavy atom. The molecule has 0 atom stereocenters. The van der Waals surface area contributed by atoms with E-state index in [1.807, 2.05) is 0 Å². The number of carbonyl (C=O) groups is 1. The van der Waals surface area contributed by atoms with E-state index in [1.165, 1.54) is 18.6 Å². The van der Waals surface area contributed by atoms with Gasteiger partial charge >= 0.3 is 0 Å². The third-order valence-electron chi connectivity index (χ3n) is 2.12. The molecule has 16 heavy (non-hydrogen) atoms. The second kappa shape index (κ2) is 4.22. The highest BCUT2D eigenvalue weighted by molar-refractivity contribution is 5.70. The standard InChI is InChI=1S/C11H8F2N2O/c12-10-2-1-8(3-11(10)13)4-15-5-9(6-16)14-7-15/h1-3,5-7H,4H2. The van der Waals surface area contributed by atoms with Crippen LogP contribution in [0.1, 0.15) is 16.1 Å². The van der Waals surface area contributed by atoms with E-state index in [9.17, 15) is 13.6 Å². The highest BCUT2D eigenvalue weighted by Gasteiger charge is 2.03. The van der Waals surface area contributed by atoms with Crippen molar-refractivity contribution >= 4 is 6.29 Å². The summed E-state index contributed by atoms with van der Waals surface area (Å²) in [6, 6.07) is 3.68. The molecule has 0 unspecified atom stereocenters. The summed E-state index contributed by atoms with van der Waals surface area (Å²) in [5, 5.41) is 0. The van der Waals surface area contributed by atoms with Gasteiger partial charge in [0, 0.05) is 12.7 Å². The van der Waals surface area contributed by atoms with E-state index in [2.05, 4.69) is 4.98 Å². The van der Waals surface area contributed by atoms with Gasteiger partial charge in [0.15, 0.2) is 17.9 Å². The van der Waals surface area contributed by atoms with Crippen LogP contribution in [-0.2, 0) is 6.54 Å². The second-order valence-corrected chi connectivity index (χ2v) is 3.34. The summed E-state index contributed by atoms with van der Waals surface area (Å²) in [7, 11) is 0. The monoisotopic (exact) mass is 222 g/mol. The van der Waals surface area contributed by atoms with Crippen LogP contribution in [0, 0.1) is 11.6 Å². The molecule has 1 aromatic heterocycles. The number of imidazole rings is 1. The third kappa shape index (κ3) is 2.13. The summed E-state index contributed by atoms with van der Waals surface area (Å²) in [6.45, 7) is 0.345. The molecule has 82 valence electrons. The normalized spacial score (nSPS) is 10.4. The van der Waals surface area contributed by atoms with E-state index in [0.29, 0.717) is 24.1 Å². The van der Waals surface area contributed by atoms with Gasteiger partial charge in [-0.15, -0.1) is 0 Å². The molecule has 0 saturated heterocycles. The minimum Gasteiger partial charge on any atom is -0.332 e. The van der Waals surface area contributed by atoms with E-state index in [0.717, 1.165) is 12.1 Å². The number of halogens is 2.